The number of rotatable bonds is 4. The number of sulfonamides is 1. The molecule has 0 fully saturated rings. The largest absolute Gasteiger partial charge is 0.457 e. The van der Waals surface area contributed by atoms with Crippen LogP contribution >= 0.6 is 0 Å². The highest BCUT2D eigenvalue weighted by Gasteiger charge is 2.28. The second kappa shape index (κ2) is 4.75. The van der Waals surface area contributed by atoms with Gasteiger partial charge in [-0.3, -0.25) is 0 Å². The van der Waals surface area contributed by atoms with Gasteiger partial charge in [0, 0.05) is 19.5 Å². The van der Waals surface area contributed by atoms with Crippen molar-refractivity contribution in [3.63, 3.8) is 0 Å². The van der Waals surface area contributed by atoms with Gasteiger partial charge in [0.1, 0.15) is 6.26 Å². The Bertz CT molecular complexity index is 591. The lowest BCUT2D eigenvalue weighted by molar-refractivity contribution is -0.116. The Morgan fingerprint density at radius 2 is 1.89 bits per heavy atom. The summed E-state index contributed by atoms with van der Waals surface area (Å²) < 4.78 is 37.0. The third-order valence-corrected chi connectivity index (χ3v) is 3.90. The fourth-order valence-electron chi connectivity index (χ4n) is 1.55. The quantitative estimate of drug-likeness (QED) is 0.810. The number of hydrogen-bond donors (Lipinski definition) is 2. The number of nitrogen functional groups attached to an aromatic ring is 1. The van der Waals surface area contributed by atoms with Gasteiger partial charge in [-0.15, -0.1) is 0 Å². The molecule has 0 saturated heterocycles. The summed E-state index contributed by atoms with van der Waals surface area (Å²) in [5.74, 6) is -0.314. The number of nitrogens with two attached hydrogens (primary N) is 1. The molecular weight excluding hydrogens is 268 g/mol. The molecule has 0 spiro atoms. The average Bonchev–Trinajstić information content (AvgIpc) is 2.67. The van der Waals surface area contributed by atoms with Gasteiger partial charge in [0.2, 0.25) is 15.8 Å². The summed E-state index contributed by atoms with van der Waals surface area (Å²) in [5, 5.41) is 0. The number of ether oxygens (including phenoxy) is 2. The monoisotopic (exact) mass is 284 g/mol. The molecule has 0 amide bonds. The SMILES string of the molecule is CC1(C)OC=C(CNS(=O)(=O)c2ccc(N)cc2)O1. The molecule has 0 radical (unpaired) electrons. The molecule has 0 aliphatic carbocycles. The first-order chi connectivity index (χ1) is 8.78. The van der Waals surface area contributed by atoms with Gasteiger partial charge in [-0.25, -0.2) is 13.1 Å². The molecule has 7 heteroatoms. The van der Waals surface area contributed by atoms with Gasteiger partial charge < -0.3 is 15.2 Å². The topological polar surface area (TPSA) is 90.7 Å². The third-order valence-electron chi connectivity index (χ3n) is 2.48. The number of hydrogen-bond acceptors (Lipinski definition) is 5. The predicted molar refractivity (Wildman–Crippen MR) is 70.4 cm³/mol. The normalized spacial score (nSPS) is 17.5. The molecule has 1 aromatic carbocycles. The maximum Gasteiger partial charge on any atom is 0.244 e. The summed E-state index contributed by atoms with van der Waals surface area (Å²) in [6, 6.07) is 5.96. The highest BCUT2D eigenvalue weighted by atomic mass is 32.2. The van der Waals surface area contributed by atoms with Gasteiger partial charge in [-0.2, -0.15) is 0 Å². The van der Waals surface area contributed by atoms with Crippen LogP contribution in [0.2, 0.25) is 0 Å². The van der Waals surface area contributed by atoms with Gasteiger partial charge in [-0.05, 0) is 24.3 Å². The molecule has 3 N–H and O–H groups in total. The Balaban J connectivity index is 2.01. The van der Waals surface area contributed by atoms with E-state index in [2.05, 4.69) is 4.72 Å². The van der Waals surface area contributed by atoms with Crippen molar-refractivity contribution < 1.29 is 17.9 Å². The van der Waals surface area contributed by atoms with Gasteiger partial charge in [-0.1, -0.05) is 0 Å². The molecule has 0 unspecified atom stereocenters. The van der Waals surface area contributed by atoms with Crippen molar-refractivity contribution in [3.8, 4) is 0 Å². The molecule has 1 aliphatic heterocycles. The molecule has 6 nitrogen and oxygen atoms in total. The molecule has 2 rings (SSSR count). The average molecular weight is 284 g/mol. The highest BCUT2D eigenvalue weighted by Crippen LogP contribution is 2.23. The first-order valence-electron chi connectivity index (χ1n) is 5.70. The highest BCUT2D eigenvalue weighted by molar-refractivity contribution is 7.89. The third kappa shape index (κ3) is 3.39. The summed E-state index contributed by atoms with van der Waals surface area (Å²) in [5.41, 5.74) is 6.02. The summed E-state index contributed by atoms with van der Waals surface area (Å²) in [6.45, 7) is 3.52. The fraction of sp³-hybridized carbons (Fsp3) is 0.333. The van der Waals surface area contributed by atoms with E-state index in [1.807, 2.05) is 0 Å². The van der Waals surface area contributed by atoms with E-state index in [-0.39, 0.29) is 11.4 Å². The molecule has 0 saturated carbocycles. The molecule has 104 valence electrons. The van der Waals surface area contributed by atoms with E-state index in [4.69, 9.17) is 15.2 Å². The lowest BCUT2D eigenvalue weighted by atomic mass is 10.3. The van der Waals surface area contributed by atoms with Crippen LogP contribution in [0.25, 0.3) is 0 Å². The van der Waals surface area contributed by atoms with Crippen LogP contribution in [0.3, 0.4) is 0 Å². The smallest absolute Gasteiger partial charge is 0.244 e. The van der Waals surface area contributed by atoms with E-state index in [1.54, 1.807) is 13.8 Å². The van der Waals surface area contributed by atoms with Crippen LogP contribution in [0.15, 0.2) is 41.2 Å². The van der Waals surface area contributed by atoms with Crippen molar-refractivity contribution >= 4 is 15.7 Å². The Kier molecular flexibility index (Phi) is 3.42. The molecule has 1 aromatic rings. The number of anilines is 1. The van der Waals surface area contributed by atoms with Crippen molar-refractivity contribution in [2.45, 2.75) is 24.5 Å². The Labute approximate surface area is 112 Å². The fourth-order valence-corrected chi connectivity index (χ4v) is 2.54. The van der Waals surface area contributed by atoms with Crippen LogP contribution in [0.5, 0.6) is 0 Å². The number of nitrogens with one attached hydrogen (secondary N) is 1. The molecule has 19 heavy (non-hydrogen) atoms. The molecule has 1 aliphatic rings. The molecule has 0 aromatic heterocycles. The maximum absolute atomic E-state index is 12.0. The Hall–Kier alpha value is -1.73. The molecule has 0 bridgehead atoms. The maximum atomic E-state index is 12.0. The van der Waals surface area contributed by atoms with E-state index in [1.165, 1.54) is 30.5 Å². The Morgan fingerprint density at radius 1 is 1.26 bits per heavy atom. The van der Waals surface area contributed by atoms with Crippen LogP contribution in [0.1, 0.15) is 13.8 Å². The van der Waals surface area contributed by atoms with Crippen molar-refractivity contribution in [2.75, 3.05) is 12.3 Å². The van der Waals surface area contributed by atoms with Crippen molar-refractivity contribution in [3.05, 3.63) is 36.3 Å². The van der Waals surface area contributed by atoms with Gasteiger partial charge in [0.25, 0.3) is 0 Å². The number of benzene rings is 1. The zero-order valence-electron chi connectivity index (χ0n) is 10.7. The van der Waals surface area contributed by atoms with Crippen LogP contribution in [-0.2, 0) is 19.5 Å². The van der Waals surface area contributed by atoms with Crippen LogP contribution in [-0.4, -0.2) is 20.7 Å². The summed E-state index contributed by atoms with van der Waals surface area (Å²) in [4.78, 5) is 0.153. The van der Waals surface area contributed by atoms with Crippen molar-refractivity contribution in [1.82, 2.24) is 4.72 Å². The van der Waals surface area contributed by atoms with Crippen LogP contribution < -0.4 is 10.5 Å². The van der Waals surface area contributed by atoms with Gasteiger partial charge >= 0.3 is 0 Å². The zero-order valence-corrected chi connectivity index (χ0v) is 11.5. The molecular formula is C12H16N2O4S. The van der Waals surface area contributed by atoms with Crippen molar-refractivity contribution in [1.29, 1.82) is 0 Å². The minimum absolute atomic E-state index is 0.0378. The molecule has 1 heterocycles. The lowest BCUT2D eigenvalue weighted by Crippen LogP contribution is -2.28. The van der Waals surface area contributed by atoms with E-state index in [0.717, 1.165) is 0 Å². The lowest BCUT2D eigenvalue weighted by Gasteiger charge is -2.18. The van der Waals surface area contributed by atoms with E-state index in [9.17, 15) is 8.42 Å². The minimum Gasteiger partial charge on any atom is -0.457 e. The summed E-state index contributed by atoms with van der Waals surface area (Å²) in [6.07, 6.45) is 1.41. The van der Waals surface area contributed by atoms with Gasteiger partial charge in [0.05, 0.1) is 11.4 Å². The zero-order chi connectivity index (χ0) is 14.1. The summed E-state index contributed by atoms with van der Waals surface area (Å²) >= 11 is 0. The van der Waals surface area contributed by atoms with E-state index < -0.39 is 15.8 Å². The van der Waals surface area contributed by atoms with Gasteiger partial charge in [0.15, 0.2) is 5.76 Å². The standard InChI is InChI=1S/C12H16N2O4S/c1-12(2)17-8-10(18-12)7-14-19(15,16)11-5-3-9(13)4-6-11/h3-6,8,14H,7,13H2,1-2H3. The Morgan fingerprint density at radius 3 is 2.42 bits per heavy atom. The summed E-state index contributed by atoms with van der Waals surface area (Å²) in [7, 11) is -3.58. The first kappa shape index (κ1) is 13.7. The second-order valence-electron chi connectivity index (χ2n) is 4.60. The van der Waals surface area contributed by atoms with Crippen molar-refractivity contribution in [2.24, 2.45) is 0 Å². The molecule has 0 atom stereocenters. The van der Waals surface area contributed by atoms with E-state index in [0.29, 0.717) is 11.4 Å². The van der Waals surface area contributed by atoms with Crippen LogP contribution in [0, 0.1) is 0 Å². The second-order valence-corrected chi connectivity index (χ2v) is 6.36. The minimum atomic E-state index is -3.58. The predicted octanol–water partition coefficient (Wildman–Crippen LogP) is 1.17. The van der Waals surface area contributed by atoms with E-state index >= 15 is 0 Å². The van der Waals surface area contributed by atoms with Crippen LogP contribution in [0.4, 0.5) is 5.69 Å². The first-order valence-corrected chi connectivity index (χ1v) is 7.18.